The van der Waals surface area contributed by atoms with Crippen molar-refractivity contribution in [2.45, 2.75) is 13.0 Å². The topological polar surface area (TPSA) is 77.0 Å². The van der Waals surface area contributed by atoms with Crippen LogP contribution in [0, 0.1) is 0 Å². The van der Waals surface area contributed by atoms with Crippen LogP contribution in [0.5, 0.6) is 17.4 Å². The Hall–Kier alpha value is -2.23. The Morgan fingerprint density at radius 2 is 2.04 bits per heavy atom. The molecule has 0 unspecified atom stereocenters. The monoisotopic (exact) mass is 470 g/mol. The van der Waals surface area contributed by atoms with E-state index in [-0.39, 0.29) is 24.0 Å². The normalized spacial score (nSPS) is 13.2. The van der Waals surface area contributed by atoms with Gasteiger partial charge in [0.15, 0.2) is 17.5 Å². The summed E-state index contributed by atoms with van der Waals surface area (Å²) in [7, 11) is 3.33. The highest BCUT2D eigenvalue weighted by molar-refractivity contribution is 14.0. The number of hydrogen-bond acceptors (Lipinski definition) is 5. The Morgan fingerprint density at radius 1 is 1.23 bits per heavy atom. The number of aromatic nitrogens is 1. The lowest BCUT2D eigenvalue weighted by atomic mass is 10.2. The van der Waals surface area contributed by atoms with Gasteiger partial charge < -0.3 is 24.8 Å². The van der Waals surface area contributed by atoms with E-state index in [1.54, 1.807) is 20.4 Å². The molecule has 0 atom stereocenters. The predicted octanol–water partition coefficient (Wildman–Crippen LogP) is 3.06. The summed E-state index contributed by atoms with van der Waals surface area (Å²) in [6.07, 6.45) is 2.58. The Morgan fingerprint density at radius 3 is 2.81 bits per heavy atom. The van der Waals surface area contributed by atoms with Crippen molar-refractivity contribution in [1.29, 1.82) is 0 Å². The van der Waals surface area contributed by atoms with Crippen LogP contribution in [0.4, 0.5) is 5.69 Å². The van der Waals surface area contributed by atoms with Crippen LogP contribution < -0.4 is 24.8 Å². The van der Waals surface area contributed by atoms with Gasteiger partial charge in [-0.15, -0.1) is 24.0 Å². The maximum atomic E-state index is 5.71. The van der Waals surface area contributed by atoms with E-state index in [1.807, 2.05) is 30.3 Å². The molecule has 7 nitrogen and oxygen atoms in total. The van der Waals surface area contributed by atoms with Crippen molar-refractivity contribution in [3.05, 3.63) is 42.1 Å². The average Bonchev–Trinajstić information content (AvgIpc) is 2.90. The van der Waals surface area contributed by atoms with E-state index in [2.05, 4.69) is 20.6 Å². The van der Waals surface area contributed by atoms with E-state index in [0.717, 1.165) is 29.2 Å². The molecule has 0 aliphatic carbocycles. The van der Waals surface area contributed by atoms with E-state index in [9.17, 15) is 0 Å². The van der Waals surface area contributed by atoms with Crippen LogP contribution in [-0.2, 0) is 6.54 Å². The Balaban J connectivity index is 0.00000243. The predicted molar refractivity (Wildman–Crippen MR) is 112 cm³/mol. The molecule has 2 N–H and O–H groups in total. The molecule has 1 aromatic carbocycles. The van der Waals surface area contributed by atoms with Crippen molar-refractivity contribution in [3.8, 4) is 17.4 Å². The standard InChI is InChI=1S/C18H22N4O3.HI/c1-19-18(21-12-13-5-3-8-20-17(13)23-2)22-14-6-7-15-16(11-14)25-10-4-9-24-15;/h3,5-8,11H,4,9-10,12H2,1-2H3,(H2,19,21,22);1H. The van der Waals surface area contributed by atoms with Crippen LogP contribution >= 0.6 is 24.0 Å². The molecule has 3 rings (SSSR count). The highest BCUT2D eigenvalue weighted by Gasteiger charge is 2.11. The molecule has 0 spiro atoms. The first-order valence-corrected chi connectivity index (χ1v) is 8.15. The number of methoxy groups -OCH3 is 1. The zero-order valence-corrected chi connectivity index (χ0v) is 17.2. The van der Waals surface area contributed by atoms with Crippen LogP contribution in [0.3, 0.4) is 0 Å². The maximum Gasteiger partial charge on any atom is 0.218 e. The van der Waals surface area contributed by atoms with Crippen molar-refractivity contribution in [3.63, 3.8) is 0 Å². The number of halogens is 1. The molecular weight excluding hydrogens is 447 g/mol. The second-order valence-corrected chi connectivity index (χ2v) is 5.43. The fourth-order valence-corrected chi connectivity index (χ4v) is 2.48. The van der Waals surface area contributed by atoms with E-state index in [4.69, 9.17) is 14.2 Å². The Bertz CT molecular complexity index is 755. The van der Waals surface area contributed by atoms with Gasteiger partial charge in [-0.05, 0) is 18.2 Å². The van der Waals surface area contributed by atoms with Crippen molar-refractivity contribution >= 4 is 35.6 Å². The number of nitrogens with zero attached hydrogens (tertiary/aromatic N) is 2. The summed E-state index contributed by atoms with van der Waals surface area (Å²) in [5.41, 5.74) is 1.82. The summed E-state index contributed by atoms with van der Waals surface area (Å²) in [6, 6.07) is 9.59. The number of hydrogen-bond donors (Lipinski definition) is 2. The van der Waals surface area contributed by atoms with E-state index in [1.165, 1.54) is 0 Å². The zero-order valence-electron chi connectivity index (χ0n) is 14.8. The molecule has 0 radical (unpaired) electrons. The summed E-state index contributed by atoms with van der Waals surface area (Å²) >= 11 is 0. The van der Waals surface area contributed by atoms with Gasteiger partial charge in [0, 0.05) is 43.5 Å². The number of guanidine groups is 1. The molecular formula is C18H23IN4O3. The molecule has 2 aromatic rings. The number of fused-ring (bicyclic) bond motifs is 1. The van der Waals surface area contributed by atoms with E-state index in [0.29, 0.717) is 31.6 Å². The van der Waals surface area contributed by atoms with Crippen LogP contribution in [0.1, 0.15) is 12.0 Å². The van der Waals surface area contributed by atoms with Gasteiger partial charge >= 0.3 is 0 Å². The van der Waals surface area contributed by atoms with Gasteiger partial charge in [0.1, 0.15) is 0 Å². The number of pyridine rings is 1. The van der Waals surface area contributed by atoms with E-state index < -0.39 is 0 Å². The Labute approximate surface area is 170 Å². The largest absolute Gasteiger partial charge is 0.490 e. The van der Waals surface area contributed by atoms with Gasteiger partial charge in [0.2, 0.25) is 5.88 Å². The SMILES string of the molecule is CN=C(NCc1cccnc1OC)Nc1ccc2c(c1)OCCCO2.I. The minimum absolute atomic E-state index is 0. The molecule has 2 heterocycles. The lowest BCUT2D eigenvalue weighted by Gasteiger charge is -2.14. The van der Waals surface area contributed by atoms with Crippen molar-refractivity contribution in [1.82, 2.24) is 10.3 Å². The van der Waals surface area contributed by atoms with Gasteiger partial charge in [-0.2, -0.15) is 0 Å². The third-order valence-corrected chi connectivity index (χ3v) is 3.72. The van der Waals surface area contributed by atoms with Gasteiger partial charge in [-0.25, -0.2) is 4.98 Å². The molecule has 0 saturated carbocycles. The first kappa shape index (κ1) is 20.1. The molecule has 0 amide bonds. The Kier molecular flexibility index (Phi) is 7.76. The smallest absolute Gasteiger partial charge is 0.218 e. The lowest BCUT2D eigenvalue weighted by Crippen LogP contribution is -2.30. The van der Waals surface area contributed by atoms with Crippen molar-refractivity contribution in [2.24, 2.45) is 4.99 Å². The van der Waals surface area contributed by atoms with Gasteiger partial charge in [-0.1, -0.05) is 6.07 Å². The second-order valence-electron chi connectivity index (χ2n) is 5.43. The summed E-state index contributed by atoms with van der Waals surface area (Å²) in [6.45, 7) is 1.88. The number of anilines is 1. The third kappa shape index (κ3) is 5.13. The zero-order chi connectivity index (χ0) is 17.5. The fourth-order valence-electron chi connectivity index (χ4n) is 2.48. The number of benzene rings is 1. The van der Waals surface area contributed by atoms with Crippen LogP contribution in [0.25, 0.3) is 0 Å². The number of nitrogens with one attached hydrogen (secondary N) is 2. The molecule has 1 aliphatic heterocycles. The molecule has 0 fully saturated rings. The molecule has 0 bridgehead atoms. The highest BCUT2D eigenvalue weighted by Crippen LogP contribution is 2.32. The number of aliphatic imine (C=N–C) groups is 1. The van der Waals surface area contributed by atoms with Gasteiger partial charge in [0.25, 0.3) is 0 Å². The highest BCUT2D eigenvalue weighted by atomic mass is 127. The molecule has 26 heavy (non-hydrogen) atoms. The molecule has 140 valence electrons. The van der Waals surface area contributed by atoms with Crippen LogP contribution in [0.15, 0.2) is 41.5 Å². The maximum absolute atomic E-state index is 5.71. The van der Waals surface area contributed by atoms with Crippen LogP contribution in [0.2, 0.25) is 0 Å². The minimum Gasteiger partial charge on any atom is -0.490 e. The summed E-state index contributed by atoms with van der Waals surface area (Å²) in [5.74, 6) is 2.75. The van der Waals surface area contributed by atoms with Crippen molar-refractivity contribution < 1.29 is 14.2 Å². The van der Waals surface area contributed by atoms with Gasteiger partial charge in [-0.3, -0.25) is 4.99 Å². The lowest BCUT2D eigenvalue weighted by molar-refractivity contribution is 0.297. The molecule has 8 heteroatoms. The van der Waals surface area contributed by atoms with Crippen molar-refractivity contribution in [2.75, 3.05) is 32.7 Å². The fraction of sp³-hybridized carbons (Fsp3) is 0.333. The molecule has 1 aliphatic rings. The van der Waals surface area contributed by atoms with Gasteiger partial charge in [0.05, 0.1) is 20.3 Å². The second kappa shape index (κ2) is 10.0. The molecule has 0 saturated heterocycles. The summed E-state index contributed by atoms with van der Waals surface area (Å²) in [5, 5.41) is 6.50. The number of ether oxygens (including phenoxy) is 3. The summed E-state index contributed by atoms with van der Waals surface area (Å²) < 4.78 is 16.6. The first-order chi connectivity index (χ1) is 12.3. The number of rotatable bonds is 4. The first-order valence-electron chi connectivity index (χ1n) is 8.15. The minimum atomic E-state index is 0. The third-order valence-electron chi connectivity index (χ3n) is 3.72. The average molecular weight is 470 g/mol. The van der Waals surface area contributed by atoms with E-state index >= 15 is 0 Å². The van der Waals surface area contributed by atoms with Crippen LogP contribution in [-0.4, -0.2) is 38.3 Å². The quantitative estimate of drug-likeness (QED) is 0.407. The molecule has 1 aromatic heterocycles. The summed E-state index contributed by atoms with van der Waals surface area (Å²) in [4.78, 5) is 8.43.